The van der Waals surface area contributed by atoms with Crippen LogP contribution in [0.5, 0.6) is 0 Å². The van der Waals surface area contributed by atoms with Crippen LogP contribution in [0.4, 0.5) is 0 Å². The van der Waals surface area contributed by atoms with E-state index in [1.807, 2.05) is 22.1 Å². The Bertz CT molecular complexity index is 1510. The van der Waals surface area contributed by atoms with E-state index in [0.717, 1.165) is 22.3 Å². The van der Waals surface area contributed by atoms with Crippen molar-refractivity contribution >= 4 is 42.4 Å². The molecule has 0 amide bonds. The maximum absolute atomic E-state index is 4.71. The molecular formula is C24H16N4S. The molecule has 3 aromatic carbocycles. The van der Waals surface area contributed by atoms with E-state index in [4.69, 9.17) is 4.98 Å². The summed E-state index contributed by atoms with van der Waals surface area (Å²) in [5, 5.41) is 3.65. The molecule has 0 radical (unpaired) electrons. The van der Waals surface area contributed by atoms with E-state index in [2.05, 4.69) is 71.5 Å². The number of aryl methyl sites for hydroxylation is 1. The third-order valence-corrected chi connectivity index (χ3v) is 6.52. The number of thiophene rings is 1. The smallest absolute Gasteiger partial charge is 0.116 e. The Balaban J connectivity index is 1.65. The summed E-state index contributed by atoms with van der Waals surface area (Å²) in [5.74, 6) is 0. The van der Waals surface area contributed by atoms with Gasteiger partial charge in [-0.05, 0) is 48.9 Å². The number of imidazole rings is 1. The summed E-state index contributed by atoms with van der Waals surface area (Å²) in [6.07, 6.45) is 7.17. The maximum Gasteiger partial charge on any atom is 0.116 e. The molecule has 0 atom stereocenters. The molecule has 0 spiro atoms. The molecule has 3 heterocycles. The molecule has 138 valence electrons. The Morgan fingerprint density at radius 1 is 0.897 bits per heavy atom. The lowest BCUT2D eigenvalue weighted by Gasteiger charge is -2.10. The molecule has 0 saturated heterocycles. The fraction of sp³-hybridized carbons (Fsp3) is 0.0417. The van der Waals surface area contributed by atoms with Gasteiger partial charge in [-0.1, -0.05) is 18.2 Å². The minimum Gasteiger partial charge on any atom is -0.306 e. The number of benzene rings is 3. The molecule has 0 bridgehead atoms. The van der Waals surface area contributed by atoms with Crippen molar-refractivity contribution in [3.05, 3.63) is 85.2 Å². The minimum atomic E-state index is 0.928. The second-order valence-corrected chi connectivity index (χ2v) is 8.23. The average Bonchev–Trinajstić information content (AvgIpc) is 3.41. The van der Waals surface area contributed by atoms with E-state index in [-0.39, 0.29) is 0 Å². The van der Waals surface area contributed by atoms with Crippen molar-refractivity contribution in [1.82, 2.24) is 19.5 Å². The zero-order valence-corrected chi connectivity index (χ0v) is 16.5. The third kappa shape index (κ3) is 2.55. The van der Waals surface area contributed by atoms with Crippen LogP contribution in [0.2, 0.25) is 0 Å². The summed E-state index contributed by atoms with van der Waals surface area (Å²) in [4.78, 5) is 13.4. The summed E-state index contributed by atoms with van der Waals surface area (Å²) in [5.41, 5.74) is 5.35. The largest absolute Gasteiger partial charge is 0.306 e. The van der Waals surface area contributed by atoms with Crippen LogP contribution in [-0.4, -0.2) is 19.5 Å². The fourth-order valence-electron chi connectivity index (χ4n) is 3.98. The minimum absolute atomic E-state index is 0.928. The van der Waals surface area contributed by atoms with Crippen molar-refractivity contribution in [3.8, 4) is 16.9 Å². The average molecular weight is 392 g/mol. The second-order valence-electron chi connectivity index (χ2n) is 7.18. The van der Waals surface area contributed by atoms with Crippen LogP contribution in [0.3, 0.4) is 0 Å². The van der Waals surface area contributed by atoms with Crippen molar-refractivity contribution in [3.63, 3.8) is 0 Å². The Kier molecular flexibility index (Phi) is 3.52. The molecule has 0 N–H and O–H groups in total. The van der Waals surface area contributed by atoms with Gasteiger partial charge in [-0.25, -0.2) is 15.0 Å². The van der Waals surface area contributed by atoms with Gasteiger partial charge in [0, 0.05) is 49.2 Å². The van der Waals surface area contributed by atoms with E-state index in [9.17, 15) is 0 Å². The number of hydrogen-bond acceptors (Lipinski definition) is 4. The summed E-state index contributed by atoms with van der Waals surface area (Å²) in [6, 6.07) is 19.4. The third-order valence-electron chi connectivity index (χ3n) is 5.30. The van der Waals surface area contributed by atoms with E-state index in [1.165, 1.54) is 31.3 Å². The predicted molar refractivity (Wildman–Crippen MR) is 120 cm³/mol. The van der Waals surface area contributed by atoms with Gasteiger partial charge in [-0.3, -0.25) is 0 Å². The number of fused-ring (bicyclic) bond motifs is 4. The number of hydrogen-bond donors (Lipinski definition) is 0. The van der Waals surface area contributed by atoms with Crippen molar-refractivity contribution in [2.45, 2.75) is 6.92 Å². The normalized spacial score (nSPS) is 11.6. The number of aromatic nitrogens is 4. The molecule has 29 heavy (non-hydrogen) atoms. The van der Waals surface area contributed by atoms with Crippen LogP contribution >= 0.6 is 11.3 Å². The lowest BCUT2D eigenvalue weighted by molar-refractivity contribution is 1.06. The molecular weight excluding hydrogens is 376 g/mol. The first-order valence-corrected chi connectivity index (χ1v) is 10.2. The highest BCUT2D eigenvalue weighted by molar-refractivity contribution is 7.26. The quantitative estimate of drug-likeness (QED) is 0.354. The fourth-order valence-corrected chi connectivity index (χ4v) is 5.18. The van der Waals surface area contributed by atoms with Gasteiger partial charge in [0.05, 0.1) is 17.5 Å². The van der Waals surface area contributed by atoms with E-state index >= 15 is 0 Å². The first kappa shape index (κ1) is 16.4. The van der Waals surface area contributed by atoms with Gasteiger partial charge in [-0.2, -0.15) is 0 Å². The topological polar surface area (TPSA) is 43.6 Å². The summed E-state index contributed by atoms with van der Waals surface area (Å²) >= 11 is 1.83. The first-order chi connectivity index (χ1) is 14.3. The van der Waals surface area contributed by atoms with Crippen LogP contribution in [0.25, 0.3) is 48.0 Å². The van der Waals surface area contributed by atoms with Gasteiger partial charge < -0.3 is 4.57 Å². The Labute approximate surface area is 171 Å². The van der Waals surface area contributed by atoms with E-state index in [1.54, 1.807) is 18.9 Å². The summed E-state index contributed by atoms with van der Waals surface area (Å²) < 4.78 is 4.56. The van der Waals surface area contributed by atoms with Crippen molar-refractivity contribution in [2.75, 3.05) is 0 Å². The SMILES string of the molecule is Cc1cc(-c2ncnc3cc(-n4ccnc4)ccc23)c2sc3ccccc3c2c1. The van der Waals surface area contributed by atoms with Crippen LogP contribution in [-0.2, 0) is 0 Å². The highest BCUT2D eigenvalue weighted by atomic mass is 32.1. The van der Waals surface area contributed by atoms with Gasteiger partial charge >= 0.3 is 0 Å². The van der Waals surface area contributed by atoms with Gasteiger partial charge in [0.1, 0.15) is 6.33 Å². The molecule has 3 aromatic heterocycles. The molecule has 0 fully saturated rings. The Morgan fingerprint density at radius 2 is 1.83 bits per heavy atom. The molecule has 0 unspecified atom stereocenters. The zero-order chi connectivity index (χ0) is 19.4. The summed E-state index contributed by atoms with van der Waals surface area (Å²) in [6.45, 7) is 2.15. The van der Waals surface area contributed by atoms with Crippen LogP contribution in [0, 0.1) is 6.92 Å². The molecule has 0 aliphatic rings. The first-order valence-electron chi connectivity index (χ1n) is 9.43. The second kappa shape index (κ2) is 6.22. The monoisotopic (exact) mass is 392 g/mol. The molecule has 6 rings (SSSR count). The Morgan fingerprint density at radius 3 is 2.72 bits per heavy atom. The van der Waals surface area contributed by atoms with E-state index in [0.29, 0.717) is 0 Å². The molecule has 5 heteroatoms. The zero-order valence-electron chi connectivity index (χ0n) is 15.7. The molecule has 4 nitrogen and oxygen atoms in total. The molecule has 6 aromatic rings. The van der Waals surface area contributed by atoms with Gasteiger partial charge in [-0.15, -0.1) is 11.3 Å². The lowest BCUT2D eigenvalue weighted by atomic mass is 10.0. The summed E-state index contributed by atoms with van der Waals surface area (Å²) in [7, 11) is 0. The highest BCUT2D eigenvalue weighted by Gasteiger charge is 2.15. The van der Waals surface area contributed by atoms with Gasteiger partial charge in [0.2, 0.25) is 0 Å². The predicted octanol–water partition coefficient (Wildman–Crippen LogP) is 6.16. The highest BCUT2D eigenvalue weighted by Crippen LogP contribution is 2.41. The lowest BCUT2D eigenvalue weighted by Crippen LogP contribution is -1.94. The van der Waals surface area contributed by atoms with Gasteiger partial charge in [0.15, 0.2) is 0 Å². The van der Waals surface area contributed by atoms with Crippen LogP contribution < -0.4 is 0 Å². The van der Waals surface area contributed by atoms with Crippen molar-refractivity contribution < 1.29 is 0 Å². The Hall–Kier alpha value is -3.57. The van der Waals surface area contributed by atoms with Crippen LogP contribution in [0.15, 0.2) is 79.6 Å². The standard InChI is InChI=1S/C24H16N4S/c1-15-10-19-17-4-2-3-5-22(17)29-24(19)20(11-15)23-18-7-6-16(28-9-8-25-14-28)12-21(18)26-13-27-23/h2-14H,1H3. The number of nitrogens with zero attached hydrogens (tertiary/aromatic N) is 4. The molecule has 0 saturated carbocycles. The van der Waals surface area contributed by atoms with Gasteiger partial charge in [0.25, 0.3) is 0 Å². The van der Waals surface area contributed by atoms with Crippen molar-refractivity contribution in [2.24, 2.45) is 0 Å². The maximum atomic E-state index is 4.71. The van der Waals surface area contributed by atoms with Crippen molar-refractivity contribution in [1.29, 1.82) is 0 Å². The molecule has 0 aliphatic heterocycles. The number of rotatable bonds is 2. The van der Waals surface area contributed by atoms with Crippen LogP contribution in [0.1, 0.15) is 5.56 Å². The molecule has 0 aliphatic carbocycles. The van der Waals surface area contributed by atoms with E-state index < -0.39 is 0 Å².